The topological polar surface area (TPSA) is 76.5 Å². The zero-order valence-corrected chi connectivity index (χ0v) is 14.2. The monoisotopic (exact) mass is 337 g/mol. The van der Waals surface area contributed by atoms with Gasteiger partial charge >= 0.3 is 5.97 Å². The number of nitrogens with zero attached hydrogens (tertiary/aromatic N) is 2. The summed E-state index contributed by atoms with van der Waals surface area (Å²) in [6.07, 6.45) is 4.24. The SMILES string of the molecule is CCOC(=O)c1cc2c(=O)[nH]c(-c3ccc(C4CC4)c(C)c3)cn2n1. The maximum Gasteiger partial charge on any atom is 0.358 e. The third-order valence-electron chi connectivity index (χ3n) is 4.55. The van der Waals surface area contributed by atoms with Gasteiger partial charge in [-0.2, -0.15) is 5.10 Å². The molecule has 3 aromatic rings. The zero-order valence-electron chi connectivity index (χ0n) is 14.2. The molecule has 0 radical (unpaired) electrons. The Labute approximate surface area is 144 Å². The molecule has 2 heterocycles. The van der Waals surface area contributed by atoms with Crippen LogP contribution in [0.2, 0.25) is 0 Å². The zero-order chi connectivity index (χ0) is 17.6. The molecule has 0 saturated heterocycles. The lowest BCUT2D eigenvalue weighted by molar-refractivity contribution is 0.0519. The van der Waals surface area contributed by atoms with Gasteiger partial charge in [-0.25, -0.2) is 9.31 Å². The molecule has 2 aromatic heterocycles. The number of H-pyrrole nitrogens is 1. The van der Waals surface area contributed by atoms with Crippen molar-refractivity contribution in [3.8, 4) is 11.3 Å². The number of carbonyl (C=O) groups excluding carboxylic acids is 1. The predicted octanol–water partition coefficient (Wildman–Crippen LogP) is 3.05. The highest BCUT2D eigenvalue weighted by molar-refractivity contribution is 5.88. The number of hydrogen-bond donors (Lipinski definition) is 1. The van der Waals surface area contributed by atoms with E-state index in [1.54, 1.807) is 13.1 Å². The van der Waals surface area contributed by atoms with Gasteiger partial charge in [0.05, 0.1) is 18.5 Å². The average molecular weight is 337 g/mol. The van der Waals surface area contributed by atoms with E-state index in [0.29, 0.717) is 17.1 Å². The molecule has 6 heteroatoms. The van der Waals surface area contributed by atoms with Crippen LogP contribution in [0.15, 0.2) is 35.3 Å². The minimum absolute atomic E-state index is 0.129. The summed E-state index contributed by atoms with van der Waals surface area (Å²) in [5.74, 6) is 0.158. The quantitative estimate of drug-likeness (QED) is 0.742. The lowest BCUT2D eigenvalue weighted by Gasteiger charge is -2.08. The van der Waals surface area contributed by atoms with Gasteiger partial charge in [0.25, 0.3) is 5.56 Å². The molecule has 0 unspecified atom stereocenters. The maximum atomic E-state index is 12.4. The second-order valence-corrected chi connectivity index (χ2v) is 6.42. The average Bonchev–Trinajstić information content (AvgIpc) is 3.32. The van der Waals surface area contributed by atoms with Crippen LogP contribution >= 0.6 is 0 Å². The predicted molar refractivity (Wildman–Crippen MR) is 93.9 cm³/mol. The van der Waals surface area contributed by atoms with E-state index in [1.807, 2.05) is 6.07 Å². The number of fused-ring (bicyclic) bond motifs is 1. The molecule has 0 amide bonds. The molecule has 128 valence electrons. The third-order valence-corrected chi connectivity index (χ3v) is 4.55. The first-order valence-electron chi connectivity index (χ1n) is 8.47. The Morgan fingerprint density at radius 2 is 2.16 bits per heavy atom. The summed E-state index contributed by atoms with van der Waals surface area (Å²) < 4.78 is 6.38. The number of aromatic nitrogens is 3. The Balaban J connectivity index is 1.76. The molecule has 1 aromatic carbocycles. The number of carbonyl (C=O) groups is 1. The maximum absolute atomic E-state index is 12.4. The Morgan fingerprint density at radius 3 is 2.84 bits per heavy atom. The van der Waals surface area contributed by atoms with Crippen molar-refractivity contribution in [2.45, 2.75) is 32.6 Å². The summed E-state index contributed by atoms with van der Waals surface area (Å²) in [5.41, 5.74) is 4.37. The number of aromatic amines is 1. The van der Waals surface area contributed by atoms with Crippen molar-refractivity contribution in [3.05, 3.63) is 57.6 Å². The molecule has 1 fully saturated rings. The molecular formula is C19H19N3O3. The van der Waals surface area contributed by atoms with Crippen molar-refractivity contribution in [3.63, 3.8) is 0 Å². The van der Waals surface area contributed by atoms with E-state index in [9.17, 15) is 9.59 Å². The Morgan fingerprint density at radius 1 is 1.36 bits per heavy atom. The van der Waals surface area contributed by atoms with Crippen molar-refractivity contribution < 1.29 is 9.53 Å². The summed E-state index contributed by atoms with van der Waals surface area (Å²) in [4.78, 5) is 27.1. The molecule has 4 rings (SSSR count). The number of esters is 1. The first-order chi connectivity index (χ1) is 12.1. The van der Waals surface area contributed by atoms with Crippen molar-refractivity contribution in [1.29, 1.82) is 0 Å². The standard InChI is InChI=1S/C19H19N3O3/c1-3-25-19(24)15-9-17-18(23)20-16(10-22(17)21-15)13-6-7-14(11(2)8-13)12-4-5-12/h6-10,12H,3-5H2,1-2H3,(H,20,23). The Kier molecular flexibility index (Phi) is 3.67. The lowest BCUT2D eigenvalue weighted by atomic mass is 10.0. The van der Waals surface area contributed by atoms with Crippen LogP contribution in [-0.2, 0) is 4.74 Å². The summed E-state index contributed by atoms with van der Waals surface area (Å²) in [5, 5.41) is 4.18. The molecule has 25 heavy (non-hydrogen) atoms. The third kappa shape index (κ3) is 2.84. The van der Waals surface area contributed by atoms with Gasteiger partial charge in [0, 0.05) is 6.07 Å². The number of nitrogens with one attached hydrogen (secondary N) is 1. The summed E-state index contributed by atoms with van der Waals surface area (Å²) >= 11 is 0. The van der Waals surface area contributed by atoms with Crippen molar-refractivity contribution >= 4 is 11.5 Å². The highest BCUT2D eigenvalue weighted by atomic mass is 16.5. The number of rotatable bonds is 4. The Bertz CT molecular complexity index is 1030. The highest BCUT2D eigenvalue weighted by Crippen LogP contribution is 2.42. The van der Waals surface area contributed by atoms with Crippen LogP contribution in [0.5, 0.6) is 0 Å². The number of ether oxygens (including phenoxy) is 1. The minimum atomic E-state index is -0.531. The molecule has 1 saturated carbocycles. The van der Waals surface area contributed by atoms with E-state index in [-0.39, 0.29) is 17.9 Å². The van der Waals surface area contributed by atoms with Crippen LogP contribution < -0.4 is 5.56 Å². The molecule has 0 atom stereocenters. The molecule has 1 aliphatic rings. The molecule has 1 N–H and O–H groups in total. The van der Waals surface area contributed by atoms with Crippen LogP contribution in [0.1, 0.15) is 47.3 Å². The van der Waals surface area contributed by atoms with E-state index >= 15 is 0 Å². The van der Waals surface area contributed by atoms with E-state index in [4.69, 9.17) is 4.74 Å². The van der Waals surface area contributed by atoms with Crippen molar-refractivity contribution in [2.75, 3.05) is 6.61 Å². The normalized spacial score (nSPS) is 14.0. The van der Waals surface area contributed by atoms with Gasteiger partial charge in [0.2, 0.25) is 0 Å². The summed E-state index contributed by atoms with van der Waals surface area (Å²) in [6, 6.07) is 7.69. The first kappa shape index (κ1) is 15.6. The molecule has 0 bridgehead atoms. The Hall–Kier alpha value is -2.89. The number of benzene rings is 1. The molecule has 0 spiro atoms. The minimum Gasteiger partial charge on any atom is -0.461 e. The van der Waals surface area contributed by atoms with Crippen LogP contribution in [-0.4, -0.2) is 27.2 Å². The van der Waals surface area contributed by atoms with E-state index in [2.05, 4.69) is 29.1 Å². The van der Waals surface area contributed by atoms with Gasteiger partial charge in [-0.15, -0.1) is 0 Å². The van der Waals surface area contributed by atoms with E-state index in [1.165, 1.54) is 34.6 Å². The van der Waals surface area contributed by atoms with Gasteiger partial charge in [-0.3, -0.25) is 4.79 Å². The summed E-state index contributed by atoms with van der Waals surface area (Å²) in [7, 11) is 0. The van der Waals surface area contributed by atoms with E-state index in [0.717, 1.165) is 5.56 Å². The fourth-order valence-electron chi connectivity index (χ4n) is 3.15. The number of aryl methyl sites for hydroxylation is 1. The number of hydrogen-bond acceptors (Lipinski definition) is 4. The molecule has 6 nitrogen and oxygen atoms in total. The second-order valence-electron chi connectivity index (χ2n) is 6.42. The first-order valence-corrected chi connectivity index (χ1v) is 8.47. The van der Waals surface area contributed by atoms with Gasteiger partial charge in [0.1, 0.15) is 5.52 Å². The van der Waals surface area contributed by atoms with Crippen LogP contribution in [0, 0.1) is 6.92 Å². The van der Waals surface area contributed by atoms with E-state index < -0.39 is 5.97 Å². The largest absolute Gasteiger partial charge is 0.461 e. The fraction of sp³-hybridized carbons (Fsp3) is 0.316. The molecular weight excluding hydrogens is 318 g/mol. The van der Waals surface area contributed by atoms with Gasteiger partial charge in [-0.05, 0) is 55.4 Å². The van der Waals surface area contributed by atoms with Gasteiger partial charge < -0.3 is 9.72 Å². The highest BCUT2D eigenvalue weighted by Gasteiger charge is 2.25. The molecule has 1 aliphatic carbocycles. The molecule has 0 aliphatic heterocycles. The van der Waals surface area contributed by atoms with Gasteiger partial charge in [0.15, 0.2) is 5.69 Å². The van der Waals surface area contributed by atoms with Gasteiger partial charge in [-0.1, -0.05) is 12.1 Å². The fourth-order valence-corrected chi connectivity index (χ4v) is 3.15. The summed E-state index contributed by atoms with van der Waals surface area (Å²) in [6.45, 7) is 4.09. The lowest BCUT2D eigenvalue weighted by Crippen LogP contribution is -2.11. The van der Waals surface area contributed by atoms with Crippen molar-refractivity contribution in [1.82, 2.24) is 14.6 Å². The van der Waals surface area contributed by atoms with Crippen LogP contribution in [0.25, 0.3) is 16.8 Å². The van der Waals surface area contributed by atoms with Crippen molar-refractivity contribution in [2.24, 2.45) is 0 Å². The van der Waals surface area contributed by atoms with Crippen LogP contribution in [0.4, 0.5) is 0 Å². The second kappa shape index (κ2) is 5.88. The van der Waals surface area contributed by atoms with Crippen LogP contribution in [0.3, 0.4) is 0 Å². The smallest absolute Gasteiger partial charge is 0.358 e.